The van der Waals surface area contributed by atoms with Gasteiger partial charge in [0.15, 0.2) is 0 Å². The van der Waals surface area contributed by atoms with Crippen LogP contribution in [0.3, 0.4) is 0 Å². The highest BCUT2D eigenvalue weighted by Gasteiger charge is 2.24. The summed E-state index contributed by atoms with van der Waals surface area (Å²) < 4.78 is 36.1. The van der Waals surface area contributed by atoms with E-state index in [2.05, 4.69) is 5.32 Å². The lowest BCUT2D eigenvalue weighted by Gasteiger charge is -2.25. The first-order chi connectivity index (χ1) is 12.8. The largest absolute Gasteiger partial charge is 0.496 e. The minimum atomic E-state index is -3.69. The maximum Gasteiger partial charge on any atom is 0.241 e. The summed E-state index contributed by atoms with van der Waals surface area (Å²) in [5.74, 6) is 0.577. The van der Waals surface area contributed by atoms with Crippen LogP contribution in [0.2, 0.25) is 0 Å². The van der Waals surface area contributed by atoms with Gasteiger partial charge in [0.05, 0.1) is 32.2 Å². The summed E-state index contributed by atoms with van der Waals surface area (Å²) in [6.07, 6.45) is 1.05. The number of rotatable bonds is 8. The molecule has 2 rings (SSSR count). The molecule has 27 heavy (non-hydrogen) atoms. The number of hydrogen-bond acceptors (Lipinski definition) is 5. The van der Waals surface area contributed by atoms with Gasteiger partial charge in [-0.15, -0.1) is 0 Å². The van der Waals surface area contributed by atoms with Gasteiger partial charge in [-0.3, -0.25) is 9.10 Å². The normalized spacial score (nSPS) is 12.1. The molecular weight excluding hydrogens is 368 g/mol. The molecule has 0 saturated heterocycles. The monoisotopic (exact) mass is 392 g/mol. The standard InChI is InChI=1S/C19H24N2O5S/c1-14(15-9-5-7-11-17(15)25-2)20-19(22)13-21(27(4,23)24)16-10-6-8-12-18(16)26-3/h5-12,14H,13H2,1-4H3,(H,20,22)/t14-/m0/s1. The van der Waals surface area contributed by atoms with Crippen LogP contribution in [0.15, 0.2) is 48.5 Å². The van der Waals surface area contributed by atoms with E-state index in [0.717, 1.165) is 16.1 Å². The Kier molecular flexibility index (Phi) is 6.68. The van der Waals surface area contributed by atoms with Crippen LogP contribution in [-0.2, 0) is 14.8 Å². The molecule has 2 aromatic carbocycles. The van der Waals surface area contributed by atoms with Crippen LogP contribution in [0, 0.1) is 0 Å². The Morgan fingerprint density at radius 2 is 1.59 bits per heavy atom. The van der Waals surface area contributed by atoms with E-state index in [4.69, 9.17) is 9.47 Å². The molecule has 0 aliphatic rings. The molecule has 0 fully saturated rings. The van der Waals surface area contributed by atoms with Gasteiger partial charge < -0.3 is 14.8 Å². The lowest BCUT2D eigenvalue weighted by atomic mass is 10.1. The number of anilines is 1. The van der Waals surface area contributed by atoms with E-state index in [0.29, 0.717) is 17.2 Å². The SMILES string of the molecule is COc1ccccc1[C@H](C)NC(=O)CN(c1ccccc1OC)S(C)(=O)=O. The third-order valence-electron chi connectivity index (χ3n) is 4.02. The van der Waals surface area contributed by atoms with Crippen molar-refractivity contribution in [3.8, 4) is 11.5 Å². The molecule has 146 valence electrons. The van der Waals surface area contributed by atoms with Crippen molar-refractivity contribution in [3.05, 3.63) is 54.1 Å². The van der Waals surface area contributed by atoms with Gasteiger partial charge in [0.25, 0.3) is 0 Å². The summed E-state index contributed by atoms with van der Waals surface area (Å²) in [5, 5.41) is 2.81. The Balaban J connectivity index is 2.22. The second-order valence-corrected chi connectivity index (χ2v) is 7.88. The van der Waals surface area contributed by atoms with Crippen molar-refractivity contribution in [2.24, 2.45) is 0 Å². The first-order valence-corrected chi connectivity index (χ1v) is 10.2. The van der Waals surface area contributed by atoms with E-state index in [1.807, 2.05) is 25.1 Å². The molecule has 0 aromatic heterocycles. The number of benzene rings is 2. The first-order valence-electron chi connectivity index (χ1n) is 8.31. The Morgan fingerprint density at radius 1 is 1.04 bits per heavy atom. The number of carbonyl (C=O) groups excluding carboxylic acids is 1. The molecule has 0 unspecified atom stereocenters. The van der Waals surface area contributed by atoms with E-state index in [-0.39, 0.29) is 12.6 Å². The van der Waals surface area contributed by atoms with Crippen LogP contribution in [0.1, 0.15) is 18.5 Å². The van der Waals surface area contributed by atoms with E-state index >= 15 is 0 Å². The molecule has 0 aliphatic heterocycles. The summed E-state index contributed by atoms with van der Waals surface area (Å²) in [7, 11) is -0.688. The van der Waals surface area contributed by atoms with E-state index < -0.39 is 15.9 Å². The van der Waals surface area contributed by atoms with Crippen molar-refractivity contribution < 1.29 is 22.7 Å². The van der Waals surface area contributed by atoms with E-state index in [9.17, 15) is 13.2 Å². The average Bonchev–Trinajstić information content (AvgIpc) is 2.65. The molecule has 0 bridgehead atoms. The molecule has 0 radical (unpaired) electrons. The third kappa shape index (κ3) is 5.13. The zero-order valence-corrected chi connectivity index (χ0v) is 16.6. The van der Waals surface area contributed by atoms with Crippen molar-refractivity contribution in [3.63, 3.8) is 0 Å². The number of para-hydroxylation sites is 3. The topological polar surface area (TPSA) is 84.9 Å². The van der Waals surface area contributed by atoms with Crippen LogP contribution in [-0.4, -0.2) is 41.3 Å². The third-order valence-corrected chi connectivity index (χ3v) is 5.15. The van der Waals surface area contributed by atoms with Gasteiger partial charge in [0.2, 0.25) is 15.9 Å². The maximum absolute atomic E-state index is 12.6. The van der Waals surface area contributed by atoms with Crippen LogP contribution in [0.5, 0.6) is 11.5 Å². The number of ether oxygens (including phenoxy) is 2. The molecule has 1 atom stereocenters. The Bertz CT molecular complexity index is 898. The van der Waals surface area contributed by atoms with Gasteiger partial charge in [-0.05, 0) is 25.1 Å². The van der Waals surface area contributed by atoms with Gasteiger partial charge in [0, 0.05) is 5.56 Å². The quantitative estimate of drug-likeness (QED) is 0.745. The van der Waals surface area contributed by atoms with Crippen LogP contribution in [0.4, 0.5) is 5.69 Å². The number of sulfonamides is 1. The smallest absolute Gasteiger partial charge is 0.241 e. The molecule has 0 heterocycles. The number of nitrogens with one attached hydrogen (secondary N) is 1. The highest BCUT2D eigenvalue weighted by atomic mass is 32.2. The molecule has 0 saturated carbocycles. The Morgan fingerprint density at radius 3 is 2.19 bits per heavy atom. The maximum atomic E-state index is 12.6. The summed E-state index contributed by atoms with van der Waals surface area (Å²) >= 11 is 0. The zero-order valence-electron chi connectivity index (χ0n) is 15.8. The van der Waals surface area contributed by atoms with Gasteiger partial charge in [0.1, 0.15) is 18.0 Å². The fourth-order valence-electron chi connectivity index (χ4n) is 2.74. The highest BCUT2D eigenvalue weighted by Crippen LogP contribution is 2.29. The van der Waals surface area contributed by atoms with E-state index in [1.165, 1.54) is 7.11 Å². The van der Waals surface area contributed by atoms with Crippen LogP contribution < -0.4 is 19.1 Å². The molecule has 2 aromatic rings. The number of hydrogen-bond donors (Lipinski definition) is 1. The van der Waals surface area contributed by atoms with Crippen molar-refractivity contribution in [2.75, 3.05) is 31.3 Å². The Labute approximate surface area is 160 Å². The molecular formula is C19H24N2O5S. The van der Waals surface area contributed by atoms with Crippen molar-refractivity contribution in [1.29, 1.82) is 0 Å². The second-order valence-electron chi connectivity index (χ2n) is 5.97. The highest BCUT2D eigenvalue weighted by molar-refractivity contribution is 7.92. The number of amides is 1. The summed E-state index contributed by atoms with van der Waals surface area (Å²) in [4.78, 5) is 12.6. The Hall–Kier alpha value is -2.74. The van der Waals surface area contributed by atoms with Crippen LogP contribution >= 0.6 is 0 Å². The minimum Gasteiger partial charge on any atom is -0.496 e. The second kappa shape index (κ2) is 8.77. The van der Waals surface area contributed by atoms with Gasteiger partial charge in [-0.2, -0.15) is 0 Å². The summed E-state index contributed by atoms with van der Waals surface area (Å²) in [6.45, 7) is 1.45. The molecule has 1 amide bonds. The molecule has 8 heteroatoms. The van der Waals surface area contributed by atoms with Crippen LogP contribution in [0.25, 0.3) is 0 Å². The predicted molar refractivity (Wildman–Crippen MR) is 105 cm³/mol. The number of carbonyl (C=O) groups is 1. The van der Waals surface area contributed by atoms with Crippen molar-refractivity contribution >= 4 is 21.6 Å². The fourth-order valence-corrected chi connectivity index (χ4v) is 3.60. The zero-order chi connectivity index (χ0) is 20.0. The predicted octanol–water partition coefficient (Wildman–Crippen LogP) is 2.35. The van der Waals surface area contributed by atoms with Gasteiger partial charge in [-0.1, -0.05) is 30.3 Å². The minimum absolute atomic E-state index is 0.308. The number of nitrogens with zero attached hydrogens (tertiary/aromatic N) is 1. The van der Waals surface area contributed by atoms with Crippen molar-refractivity contribution in [2.45, 2.75) is 13.0 Å². The van der Waals surface area contributed by atoms with Gasteiger partial charge >= 0.3 is 0 Å². The average molecular weight is 392 g/mol. The fraction of sp³-hybridized carbons (Fsp3) is 0.316. The summed E-state index contributed by atoms with van der Waals surface area (Å²) in [5.41, 5.74) is 1.11. The lowest BCUT2D eigenvalue weighted by Crippen LogP contribution is -2.41. The summed E-state index contributed by atoms with van der Waals surface area (Å²) in [6, 6.07) is 13.6. The van der Waals surface area contributed by atoms with Gasteiger partial charge in [-0.25, -0.2) is 8.42 Å². The molecule has 0 aliphatic carbocycles. The lowest BCUT2D eigenvalue weighted by molar-refractivity contribution is -0.120. The molecule has 7 nitrogen and oxygen atoms in total. The van der Waals surface area contributed by atoms with E-state index in [1.54, 1.807) is 37.4 Å². The molecule has 1 N–H and O–H groups in total. The first kappa shape index (κ1) is 20.6. The van der Waals surface area contributed by atoms with Crippen molar-refractivity contribution in [1.82, 2.24) is 5.32 Å². The number of methoxy groups -OCH3 is 2. The molecule has 0 spiro atoms.